The zero-order chi connectivity index (χ0) is 19.6. The first-order chi connectivity index (χ1) is 13.0. The third-order valence-corrected chi connectivity index (χ3v) is 4.64. The summed E-state index contributed by atoms with van der Waals surface area (Å²) in [4.78, 5) is 23.7. The SMILES string of the molecule is COc1ccc(C(=O)Nc2cccc(CN[C@H](CCSC)C(=O)O)c2)cc1. The average molecular weight is 388 g/mol. The number of anilines is 1. The molecule has 0 spiro atoms. The van der Waals surface area contributed by atoms with Gasteiger partial charge in [-0.3, -0.25) is 9.59 Å². The van der Waals surface area contributed by atoms with Crippen molar-refractivity contribution in [2.24, 2.45) is 0 Å². The van der Waals surface area contributed by atoms with Crippen LogP contribution in [-0.2, 0) is 11.3 Å². The molecule has 0 aliphatic heterocycles. The molecule has 6 nitrogen and oxygen atoms in total. The molecule has 2 aromatic rings. The van der Waals surface area contributed by atoms with E-state index in [1.807, 2.05) is 24.5 Å². The Hall–Kier alpha value is -2.51. The molecule has 0 heterocycles. The number of carbonyl (C=O) groups is 2. The van der Waals surface area contributed by atoms with Crippen LogP contribution in [0.15, 0.2) is 48.5 Å². The van der Waals surface area contributed by atoms with Gasteiger partial charge in [0.25, 0.3) is 5.91 Å². The molecule has 0 aliphatic carbocycles. The highest BCUT2D eigenvalue weighted by molar-refractivity contribution is 7.98. The predicted octanol–water partition coefficient (Wildman–Crippen LogP) is 3.24. The molecule has 3 N–H and O–H groups in total. The molecular weight excluding hydrogens is 364 g/mol. The van der Waals surface area contributed by atoms with Gasteiger partial charge in [0.15, 0.2) is 0 Å². The number of amides is 1. The second-order valence-electron chi connectivity index (χ2n) is 5.94. The molecule has 2 rings (SSSR count). The van der Waals surface area contributed by atoms with Gasteiger partial charge in [0.05, 0.1) is 7.11 Å². The first-order valence-electron chi connectivity index (χ1n) is 8.53. The Morgan fingerprint density at radius 2 is 1.93 bits per heavy atom. The van der Waals surface area contributed by atoms with E-state index in [0.29, 0.717) is 30.0 Å². The number of thioether (sulfide) groups is 1. The first kappa shape index (κ1) is 20.8. The molecule has 0 aliphatic rings. The monoisotopic (exact) mass is 388 g/mol. The van der Waals surface area contributed by atoms with Crippen LogP contribution < -0.4 is 15.4 Å². The second-order valence-corrected chi connectivity index (χ2v) is 6.92. The summed E-state index contributed by atoms with van der Waals surface area (Å²) in [6, 6.07) is 13.6. The topological polar surface area (TPSA) is 87.7 Å². The maximum atomic E-state index is 12.4. The molecule has 7 heteroatoms. The second kappa shape index (κ2) is 10.6. The number of hydrogen-bond acceptors (Lipinski definition) is 5. The van der Waals surface area contributed by atoms with Gasteiger partial charge in [-0.25, -0.2) is 0 Å². The number of aliphatic carboxylic acids is 1. The van der Waals surface area contributed by atoms with Crippen LogP contribution in [0.3, 0.4) is 0 Å². The maximum Gasteiger partial charge on any atom is 0.320 e. The van der Waals surface area contributed by atoms with Crippen LogP contribution in [-0.4, -0.2) is 42.1 Å². The molecule has 144 valence electrons. The van der Waals surface area contributed by atoms with Gasteiger partial charge in [-0.1, -0.05) is 12.1 Å². The molecule has 1 amide bonds. The van der Waals surface area contributed by atoms with E-state index in [4.69, 9.17) is 4.74 Å². The van der Waals surface area contributed by atoms with Gasteiger partial charge in [0.2, 0.25) is 0 Å². The Balaban J connectivity index is 1.97. The van der Waals surface area contributed by atoms with Gasteiger partial charge in [-0.15, -0.1) is 0 Å². The highest BCUT2D eigenvalue weighted by atomic mass is 32.2. The van der Waals surface area contributed by atoms with Gasteiger partial charge in [0.1, 0.15) is 11.8 Å². The molecule has 0 saturated heterocycles. The number of hydrogen-bond donors (Lipinski definition) is 3. The van der Waals surface area contributed by atoms with Crippen molar-refractivity contribution in [2.45, 2.75) is 19.0 Å². The average Bonchev–Trinajstić information content (AvgIpc) is 2.68. The van der Waals surface area contributed by atoms with E-state index < -0.39 is 12.0 Å². The van der Waals surface area contributed by atoms with Gasteiger partial charge >= 0.3 is 5.97 Å². The number of carboxylic acids is 1. The molecule has 0 radical (unpaired) electrons. The molecule has 0 unspecified atom stereocenters. The van der Waals surface area contributed by atoms with Crippen molar-refractivity contribution in [3.05, 3.63) is 59.7 Å². The fourth-order valence-corrected chi connectivity index (χ4v) is 2.97. The lowest BCUT2D eigenvalue weighted by atomic mass is 10.1. The van der Waals surface area contributed by atoms with Crippen LogP contribution in [0.5, 0.6) is 5.75 Å². The van der Waals surface area contributed by atoms with Gasteiger partial charge in [0, 0.05) is 17.8 Å². The van der Waals surface area contributed by atoms with Crippen molar-refractivity contribution >= 4 is 29.3 Å². The van der Waals surface area contributed by atoms with Gasteiger partial charge in [-0.2, -0.15) is 11.8 Å². The van der Waals surface area contributed by atoms with Crippen molar-refractivity contribution < 1.29 is 19.4 Å². The zero-order valence-corrected chi connectivity index (χ0v) is 16.2. The van der Waals surface area contributed by atoms with E-state index in [-0.39, 0.29) is 5.91 Å². The number of ether oxygens (including phenoxy) is 1. The number of benzene rings is 2. The summed E-state index contributed by atoms with van der Waals surface area (Å²) in [5, 5.41) is 15.2. The van der Waals surface area contributed by atoms with Crippen LogP contribution in [0.1, 0.15) is 22.3 Å². The number of rotatable bonds is 10. The minimum absolute atomic E-state index is 0.217. The van der Waals surface area contributed by atoms with Gasteiger partial charge in [-0.05, 0) is 60.4 Å². The molecule has 1 atom stereocenters. The number of carbonyl (C=O) groups excluding carboxylic acids is 1. The lowest BCUT2D eigenvalue weighted by Crippen LogP contribution is -2.36. The van der Waals surface area contributed by atoms with Crippen LogP contribution in [0.4, 0.5) is 5.69 Å². The molecule has 2 aromatic carbocycles. The van der Waals surface area contributed by atoms with Crippen molar-refractivity contribution in [1.29, 1.82) is 0 Å². The normalized spacial score (nSPS) is 11.6. The van der Waals surface area contributed by atoms with E-state index >= 15 is 0 Å². The molecular formula is C20H24N2O4S. The fraction of sp³-hybridized carbons (Fsp3) is 0.300. The number of methoxy groups -OCH3 is 1. The molecule has 0 aromatic heterocycles. The number of carboxylic acid groups (broad SMARTS) is 1. The van der Waals surface area contributed by atoms with E-state index in [2.05, 4.69) is 10.6 Å². The van der Waals surface area contributed by atoms with Crippen molar-refractivity contribution in [1.82, 2.24) is 5.32 Å². The minimum Gasteiger partial charge on any atom is -0.497 e. The molecule has 27 heavy (non-hydrogen) atoms. The Labute approximate surface area is 163 Å². The predicted molar refractivity (Wildman–Crippen MR) is 109 cm³/mol. The Morgan fingerprint density at radius 1 is 1.19 bits per heavy atom. The van der Waals surface area contributed by atoms with Crippen molar-refractivity contribution in [3.8, 4) is 5.75 Å². The number of nitrogens with one attached hydrogen (secondary N) is 2. The van der Waals surface area contributed by atoms with Crippen molar-refractivity contribution in [3.63, 3.8) is 0 Å². The lowest BCUT2D eigenvalue weighted by molar-refractivity contribution is -0.139. The summed E-state index contributed by atoms with van der Waals surface area (Å²) in [5.74, 6) is 0.398. The Bertz CT molecular complexity index is 765. The van der Waals surface area contributed by atoms with Crippen molar-refractivity contribution in [2.75, 3.05) is 24.4 Å². The van der Waals surface area contributed by atoms with Crippen LogP contribution >= 0.6 is 11.8 Å². The summed E-state index contributed by atoms with van der Waals surface area (Å²) < 4.78 is 5.09. The molecule has 0 saturated carbocycles. The lowest BCUT2D eigenvalue weighted by Gasteiger charge is -2.14. The molecule has 0 bridgehead atoms. The van der Waals surface area contributed by atoms with E-state index in [1.165, 1.54) is 0 Å². The standard InChI is InChI=1S/C20H24N2O4S/c1-26-17-8-6-15(7-9-17)19(23)22-16-5-3-4-14(12-16)13-21-18(20(24)25)10-11-27-2/h3-9,12,18,21H,10-11,13H2,1-2H3,(H,22,23)(H,24,25)/t18-/m1/s1. The van der Waals surface area contributed by atoms with Crippen LogP contribution in [0, 0.1) is 0 Å². The fourth-order valence-electron chi connectivity index (χ4n) is 2.49. The highest BCUT2D eigenvalue weighted by Gasteiger charge is 2.16. The Morgan fingerprint density at radius 3 is 2.56 bits per heavy atom. The summed E-state index contributed by atoms with van der Waals surface area (Å²) >= 11 is 1.62. The largest absolute Gasteiger partial charge is 0.497 e. The minimum atomic E-state index is -0.854. The summed E-state index contributed by atoms with van der Waals surface area (Å²) in [7, 11) is 1.57. The smallest absolute Gasteiger partial charge is 0.320 e. The summed E-state index contributed by atoms with van der Waals surface area (Å²) in [5.41, 5.74) is 2.09. The highest BCUT2D eigenvalue weighted by Crippen LogP contribution is 2.15. The van der Waals surface area contributed by atoms with E-state index in [1.54, 1.807) is 49.2 Å². The third kappa shape index (κ3) is 6.62. The first-order valence-corrected chi connectivity index (χ1v) is 9.92. The van der Waals surface area contributed by atoms with Crippen LogP contribution in [0.2, 0.25) is 0 Å². The summed E-state index contributed by atoms with van der Waals surface area (Å²) in [6.07, 6.45) is 2.51. The van der Waals surface area contributed by atoms with E-state index in [9.17, 15) is 14.7 Å². The zero-order valence-electron chi connectivity index (χ0n) is 15.4. The quantitative estimate of drug-likeness (QED) is 0.579. The Kier molecular flexibility index (Phi) is 8.16. The maximum absolute atomic E-state index is 12.4. The summed E-state index contributed by atoms with van der Waals surface area (Å²) in [6.45, 7) is 0.414. The van der Waals surface area contributed by atoms with E-state index in [0.717, 1.165) is 11.3 Å². The third-order valence-electron chi connectivity index (χ3n) is 4.00. The van der Waals surface area contributed by atoms with Crippen LogP contribution in [0.25, 0.3) is 0 Å². The van der Waals surface area contributed by atoms with Gasteiger partial charge < -0.3 is 20.5 Å². The molecule has 0 fully saturated rings.